The molecule has 0 unspecified atom stereocenters. The Balaban J connectivity index is 1.77. The predicted octanol–water partition coefficient (Wildman–Crippen LogP) is 3.25. The lowest BCUT2D eigenvalue weighted by Crippen LogP contribution is -2.27. The number of rotatable bonds is 6. The molecular formula is C14H15BrN2O2S. The molecule has 106 valence electrons. The Morgan fingerprint density at radius 2 is 2.20 bits per heavy atom. The van der Waals surface area contributed by atoms with E-state index in [0.717, 1.165) is 15.2 Å². The van der Waals surface area contributed by atoms with Gasteiger partial charge in [0.05, 0.1) is 17.4 Å². The van der Waals surface area contributed by atoms with Crippen molar-refractivity contribution in [3.63, 3.8) is 0 Å². The maximum atomic E-state index is 11.8. The highest BCUT2D eigenvalue weighted by Gasteiger charge is 2.04. The van der Waals surface area contributed by atoms with Crippen molar-refractivity contribution in [2.24, 2.45) is 0 Å². The Morgan fingerprint density at radius 3 is 2.90 bits per heavy atom. The van der Waals surface area contributed by atoms with Crippen LogP contribution in [-0.2, 0) is 11.3 Å². The molecule has 1 aromatic carbocycles. The number of benzene rings is 1. The van der Waals surface area contributed by atoms with E-state index in [9.17, 15) is 4.79 Å². The molecule has 0 aliphatic carbocycles. The van der Waals surface area contributed by atoms with Crippen molar-refractivity contribution in [2.75, 3.05) is 19.0 Å². The first-order valence-corrected chi connectivity index (χ1v) is 7.67. The SMILES string of the molecule is COc1cccc(NC(=O)CNCc2ccc(Br)s2)c1. The van der Waals surface area contributed by atoms with Crippen LogP contribution in [0.25, 0.3) is 0 Å². The summed E-state index contributed by atoms with van der Waals surface area (Å²) in [6.07, 6.45) is 0. The fourth-order valence-electron chi connectivity index (χ4n) is 1.65. The van der Waals surface area contributed by atoms with Crippen LogP contribution in [-0.4, -0.2) is 19.6 Å². The van der Waals surface area contributed by atoms with Gasteiger partial charge in [-0.3, -0.25) is 4.79 Å². The standard InChI is InChI=1S/C14H15BrN2O2S/c1-19-11-4-2-3-10(7-11)17-14(18)9-16-8-12-5-6-13(15)20-12/h2-7,16H,8-9H2,1H3,(H,17,18). The number of carbonyl (C=O) groups is 1. The average molecular weight is 355 g/mol. The van der Waals surface area contributed by atoms with Crippen LogP contribution >= 0.6 is 27.3 Å². The van der Waals surface area contributed by atoms with Gasteiger partial charge in [-0.05, 0) is 40.2 Å². The first-order valence-electron chi connectivity index (χ1n) is 6.06. The van der Waals surface area contributed by atoms with Gasteiger partial charge in [0.25, 0.3) is 0 Å². The van der Waals surface area contributed by atoms with Crippen LogP contribution in [0, 0.1) is 0 Å². The van der Waals surface area contributed by atoms with Crippen molar-refractivity contribution in [3.8, 4) is 5.75 Å². The number of halogens is 1. The molecule has 0 radical (unpaired) electrons. The zero-order valence-electron chi connectivity index (χ0n) is 11.0. The molecule has 2 rings (SSSR count). The molecule has 0 fully saturated rings. The maximum Gasteiger partial charge on any atom is 0.238 e. The minimum absolute atomic E-state index is 0.0751. The zero-order chi connectivity index (χ0) is 14.4. The van der Waals surface area contributed by atoms with Crippen LogP contribution in [0.5, 0.6) is 5.75 Å². The molecule has 0 spiro atoms. The normalized spacial score (nSPS) is 10.3. The summed E-state index contributed by atoms with van der Waals surface area (Å²) >= 11 is 5.06. The van der Waals surface area contributed by atoms with E-state index in [-0.39, 0.29) is 12.5 Å². The zero-order valence-corrected chi connectivity index (χ0v) is 13.4. The Labute approximate surface area is 130 Å². The van der Waals surface area contributed by atoms with E-state index in [0.29, 0.717) is 6.54 Å². The number of carbonyl (C=O) groups excluding carboxylic acids is 1. The van der Waals surface area contributed by atoms with Crippen LogP contribution in [0.1, 0.15) is 4.88 Å². The first-order chi connectivity index (χ1) is 9.67. The number of hydrogen-bond acceptors (Lipinski definition) is 4. The van der Waals surface area contributed by atoms with Crippen LogP contribution < -0.4 is 15.4 Å². The average Bonchev–Trinajstić information content (AvgIpc) is 2.84. The molecule has 0 saturated carbocycles. The summed E-state index contributed by atoms with van der Waals surface area (Å²) in [7, 11) is 1.60. The molecule has 2 aromatic rings. The van der Waals surface area contributed by atoms with Gasteiger partial charge in [-0.1, -0.05) is 6.07 Å². The third-order valence-corrected chi connectivity index (χ3v) is 4.19. The highest BCUT2D eigenvalue weighted by Crippen LogP contribution is 2.21. The van der Waals surface area contributed by atoms with E-state index in [1.54, 1.807) is 24.5 Å². The highest BCUT2D eigenvalue weighted by molar-refractivity contribution is 9.11. The van der Waals surface area contributed by atoms with Crippen LogP contribution in [0.15, 0.2) is 40.2 Å². The van der Waals surface area contributed by atoms with Gasteiger partial charge in [0.2, 0.25) is 5.91 Å². The fourth-order valence-corrected chi connectivity index (χ4v) is 3.10. The number of anilines is 1. The van der Waals surface area contributed by atoms with Gasteiger partial charge in [-0.25, -0.2) is 0 Å². The van der Waals surface area contributed by atoms with Gasteiger partial charge in [0.1, 0.15) is 5.75 Å². The van der Waals surface area contributed by atoms with Crippen molar-refractivity contribution in [1.29, 1.82) is 0 Å². The third-order valence-electron chi connectivity index (χ3n) is 2.57. The highest BCUT2D eigenvalue weighted by atomic mass is 79.9. The number of ether oxygens (including phenoxy) is 1. The Morgan fingerprint density at radius 1 is 1.35 bits per heavy atom. The van der Waals surface area contributed by atoms with Gasteiger partial charge in [0.15, 0.2) is 0 Å². The molecule has 1 aromatic heterocycles. The topological polar surface area (TPSA) is 50.4 Å². The lowest BCUT2D eigenvalue weighted by atomic mass is 10.3. The van der Waals surface area contributed by atoms with Crippen molar-refractivity contribution in [2.45, 2.75) is 6.54 Å². The quantitative estimate of drug-likeness (QED) is 0.836. The molecule has 1 amide bonds. The van der Waals surface area contributed by atoms with E-state index in [1.165, 1.54) is 4.88 Å². The molecule has 2 N–H and O–H groups in total. The van der Waals surface area contributed by atoms with Crippen molar-refractivity contribution in [1.82, 2.24) is 5.32 Å². The van der Waals surface area contributed by atoms with E-state index < -0.39 is 0 Å². The lowest BCUT2D eigenvalue weighted by molar-refractivity contribution is -0.115. The summed E-state index contributed by atoms with van der Waals surface area (Å²) in [6.45, 7) is 0.953. The Hall–Kier alpha value is -1.37. The Kier molecular flexibility index (Phi) is 5.58. The molecule has 0 bridgehead atoms. The lowest BCUT2D eigenvalue weighted by Gasteiger charge is -2.07. The molecule has 6 heteroatoms. The van der Waals surface area contributed by atoms with Gasteiger partial charge in [-0.2, -0.15) is 0 Å². The van der Waals surface area contributed by atoms with Gasteiger partial charge in [-0.15, -0.1) is 11.3 Å². The van der Waals surface area contributed by atoms with Crippen molar-refractivity contribution >= 4 is 38.9 Å². The number of thiophene rings is 1. The van der Waals surface area contributed by atoms with E-state index >= 15 is 0 Å². The van der Waals surface area contributed by atoms with Crippen LogP contribution in [0.3, 0.4) is 0 Å². The molecular weight excluding hydrogens is 340 g/mol. The van der Waals surface area contributed by atoms with Crippen LogP contribution in [0.2, 0.25) is 0 Å². The number of amides is 1. The smallest absolute Gasteiger partial charge is 0.238 e. The summed E-state index contributed by atoms with van der Waals surface area (Å²) in [5.74, 6) is 0.646. The predicted molar refractivity (Wildman–Crippen MR) is 85.3 cm³/mol. The summed E-state index contributed by atoms with van der Waals surface area (Å²) in [6, 6.07) is 11.3. The van der Waals surface area contributed by atoms with E-state index in [2.05, 4.69) is 26.6 Å². The largest absolute Gasteiger partial charge is 0.497 e. The van der Waals surface area contributed by atoms with Crippen LogP contribution in [0.4, 0.5) is 5.69 Å². The van der Waals surface area contributed by atoms with Crippen molar-refractivity contribution in [3.05, 3.63) is 45.1 Å². The molecule has 0 aliphatic rings. The summed E-state index contributed by atoms with van der Waals surface area (Å²) < 4.78 is 6.20. The number of hydrogen-bond donors (Lipinski definition) is 2. The summed E-state index contributed by atoms with van der Waals surface area (Å²) in [4.78, 5) is 13.0. The third kappa shape index (κ3) is 4.63. The molecule has 0 saturated heterocycles. The minimum Gasteiger partial charge on any atom is -0.497 e. The van der Waals surface area contributed by atoms with E-state index in [4.69, 9.17) is 4.74 Å². The molecule has 0 atom stereocenters. The molecule has 1 heterocycles. The second-order valence-electron chi connectivity index (χ2n) is 4.09. The second-order valence-corrected chi connectivity index (χ2v) is 6.64. The maximum absolute atomic E-state index is 11.8. The fraction of sp³-hybridized carbons (Fsp3) is 0.214. The molecule has 4 nitrogen and oxygen atoms in total. The Bertz CT molecular complexity index is 586. The summed E-state index contributed by atoms with van der Waals surface area (Å²) in [5.41, 5.74) is 0.731. The van der Waals surface area contributed by atoms with Gasteiger partial charge in [0, 0.05) is 23.2 Å². The number of methoxy groups -OCH3 is 1. The van der Waals surface area contributed by atoms with Gasteiger partial charge < -0.3 is 15.4 Å². The summed E-state index contributed by atoms with van der Waals surface area (Å²) in [5, 5.41) is 5.93. The molecule has 20 heavy (non-hydrogen) atoms. The second kappa shape index (κ2) is 7.42. The first kappa shape index (κ1) is 15.0. The van der Waals surface area contributed by atoms with Gasteiger partial charge >= 0.3 is 0 Å². The number of nitrogens with one attached hydrogen (secondary N) is 2. The minimum atomic E-state index is -0.0751. The molecule has 0 aliphatic heterocycles. The monoisotopic (exact) mass is 354 g/mol. The van der Waals surface area contributed by atoms with Crippen molar-refractivity contribution < 1.29 is 9.53 Å². The van der Waals surface area contributed by atoms with E-state index in [1.807, 2.05) is 30.3 Å².